The Hall–Kier alpha value is -2.19. The Balaban J connectivity index is 1.63. The zero-order valence-electron chi connectivity index (χ0n) is 16.7. The van der Waals surface area contributed by atoms with E-state index in [1.807, 2.05) is 24.3 Å². The molecule has 2 N–H and O–H groups in total. The minimum atomic E-state index is -3.34. The lowest BCUT2D eigenvalue weighted by Gasteiger charge is -2.21. The van der Waals surface area contributed by atoms with Crippen LogP contribution in [0, 0.1) is 5.92 Å². The molecule has 1 saturated carbocycles. The van der Waals surface area contributed by atoms with Crippen molar-refractivity contribution in [2.75, 3.05) is 11.6 Å². The van der Waals surface area contributed by atoms with Crippen LogP contribution in [0.2, 0.25) is 0 Å². The smallest absolute Gasteiger partial charge is 0.234 e. The minimum absolute atomic E-state index is 0.139. The van der Waals surface area contributed by atoms with Crippen molar-refractivity contribution >= 4 is 48.7 Å². The van der Waals surface area contributed by atoms with Crippen molar-refractivity contribution in [2.24, 2.45) is 5.92 Å². The molecule has 6 nitrogen and oxygen atoms in total. The van der Waals surface area contributed by atoms with E-state index in [4.69, 9.17) is 0 Å². The molecule has 1 aliphatic rings. The number of halogens is 1. The van der Waals surface area contributed by atoms with E-state index in [2.05, 4.69) is 31.2 Å². The van der Waals surface area contributed by atoms with Crippen molar-refractivity contribution in [3.05, 3.63) is 52.5 Å². The lowest BCUT2D eigenvalue weighted by molar-refractivity contribution is -0.118. The molecule has 3 aromatic rings. The van der Waals surface area contributed by atoms with E-state index in [0.29, 0.717) is 16.3 Å². The number of para-hydroxylation sites is 2. The molecule has 0 spiro atoms. The molecule has 1 heterocycles. The van der Waals surface area contributed by atoms with Crippen molar-refractivity contribution < 1.29 is 13.2 Å². The third-order valence-corrected chi connectivity index (χ3v) is 7.82. The normalized spacial score (nSPS) is 16.1. The molecule has 1 atom stereocenters. The fraction of sp³-hybridized carbons (Fsp3) is 0.364. The van der Waals surface area contributed by atoms with E-state index in [-0.39, 0.29) is 16.7 Å². The molecule has 1 aromatic heterocycles. The van der Waals surface area contributed by atoms with Crippen molar-refractivity contribution in [1.29, 1.82) is 0 Å². The van der Waals surface area contributed by atoms with Gasteiger partial charge >= 0.3 is 0 Å². The number of rotatable bonds is 6. The number of amides is 1. The number of sulfone groups is 1. The SMILES string of the molecule is CS(=O)(=O)c1ccc(C(CC2CCCC2)C(=O)Nc2nc3ccccc3[nH]2)cc1Br. The van der Waals surface area contributed by atoms with E-state index in [0.717, 1.165) is 35.9 Å². The molecule has 2 aromatic carbocycles. The largest absolute Gasteiger partial charge is 0.324 e. The number of hydrogen-bond acceptors (Lipinski definition) is 4. The van der Waals surface area contributed by atoms with E-state index in [1.54, 1.807) is 18.2 Å². The van der Waals surface area contributed by atoms with Gasteiger partial charge in [0, 0.05) is 10.7 Å². The number of fused-ring (bicyclic) bond motifs is 1. The van der Waals surface area contributed by atoms with Crippen LogP contribution in [0.1, 0.15) is 43.6 Å². The zero-order chi connectivity index (χ0) is 21.3. The molecular weight excluding hydrogens is 466 g/mol. The van der Waals surface area contributed by atoms with Gasteiger partial charge in [0.15, 0.2) is 9.84 Å². The van der Waals surface area contributed by atoms with Crippen LogP contribution >= 0.6 is 15.9 Å². The number of H-pyrrole nitrogens is 1. The van der Waals surface area contributed by atoms with Crippen LogP contribution < -0.4 is 5.32 Å². The molecule has 1 fully saturated rings. The summed E-state index contributed by atoms with van der Waals surface area (Å²) in [5.41, 5.74) is 2.45. The van der Waals surface area contributed by atoms with E-state index in [1.165, 1.54) is 19.1 Å². The lowest BCUT2D eigenvalue weighted by atomic mass is 9.87. The molecule has 1 aliphatic carbocycles. The van der Waals surface area contributed by atoms with E-state index >= 15 is 0 Å². The highest BCUT2D eigenvalue weighted by molar-refractivity contribution is 9.10. The molecule has 4 rings (SSSR count). The van der Waals surface area contributed by atoms with Crippen molar-refractivity contribution in [3.63, 3.8) is 0 Å². The number of anilines is 1. The summed E-state index contributed by atoms with van der Waals surface area (Å²) in [6.07, 6.45) is 6.54. The standard InChI is InChI=1S/C22H24BrN3O3S/c1-30(28,29)20-11-10-15(13-17(20)23)16(12-14-6-2-3-7-14)21(27)26-22-24-18-8-4-5-9-19(18)25-22/h4-5,8-11,13-14,16H,2-3,6-7,12H2,1H3,(H2,24,25,26,27). The summed E-state index contributed by atoms with van der Waals surface area (Å²) in [4.78, 5) is 21.1. The van der Waals surface area contributed by atoms with Crippen molar-refractivity contribution in [3.8, 4) is 0 Å². The number of hydrogen-bond donors (Lipinski definition) is 2. The Bertz CT molecular complexity index is 1150. The summed E-state index contributed by atoms with van der Waals surface area (Å²) in [5, 5.41) is 2.93. The molecule has 158 valence electrons. The Labute approximate surface area is 184 Å². The number of benzene rings is 2. The number of aromatic amines is 1. The summed E-state index contributed by atoms with van der Waals surface area (Å²) >= 11 is 3.37. The first-order chi connectivity index (χ1) is 14.3. The van der Waals surface area contributed by atoms with E-state index < -0.39 is 9.84 Å². The number of aromatic nitrogens is 2. The van der Waals surface area contributed by atoms with Crippen LogP contribution in [0.15, 0.2) is 51.8 Å². The van der Waals surface area contributed by atoms with Gasteiger partial charge in [-0.05, 0) is 58.1 Å². The summed E-state index contributed by atoms with van der Waals surface area (Å²) in [6, 6.07) is 12.7. The highest BCUT2D eigenvalue weighted by Gasteiger charge is 2.28. The van der Waals surface area contributed by atoms with Gasteiger partial charge < -0.3 is 4.98 Å². The van der Waals surface area contributed by atoms with Gasteiger partial charge in [0.2, 0.25) is 11.9 Å². The Kier molecular flexibility index (Phi) is 5.97. The van der Waals surface area contributed by atoms with Crippen LogP contribution in [-0.2, 0) is 14.6 Å². The number of carbonyl (C=O) groups excluding carboxylic acids is 1. The van der Waals surface area contributed by atoms with Gasteiger partial charge in [-0.1, -0.05) is 43.9 Å². The predicted molar refractivity (Wildman–Crippen MR) is 121 cm³/mol. The number of nitrogens with zero attached hydrogens (tertiary/aromatic N) is 1. The Morgan fingerprint density at radius 3 is 2.63 bits per heavy atom. The average molecular weight is 490 g/mol. The van der Waals surface area contributed by atoms with Crippen molar-refractivity contribution in [2.45, 2.75) is 42.9 Å². The topological polar surface area (TPSA) is 91.9 Å². The maximum absolute atomic E-state index is 13.3. The molecular formula is C22H24BrN3O3S. The second-order valence-electron chi connectivity index (χ2n) is 7.99. The molecule has 1 unspecified atom stereocenters. The number of nitrogens with one attached hydrogen (secondary N) is 2. The summed E-state index contributed by atoms with van der Waals surface area (Å²) < 4.78 is 24.4. The lowest BCUT2D eigenvalue weighted by Crippen LogP contribution is -2.24. The monoisotopic (exact) mass is 489 g/mol. The van der Waals surface area contributed by atoms with Gasteiger partial charge in [-0.25, -0.2) is 13.4 Å². The maximum atomic E-state index is 13.3. The zero-order valence-corrected chi connectivity index (χ0v) is 19.1. The molecule has 0 radical (unpaired) electrons. The Morgan fingerprint density at radius 2 is 1.97 bits per heavy atom. The molecule has 30 heavy (non-hydrogen) atoms. The third kappa shape index (κ3) is 4.59. The van der Waals surface area contributed by atoms with Gasteiger partial charge in [-0.15, -0.1) is 0 Å². The molecule has 0 saturated heterocycles. The summed E-state index contributed by atoms with van der Waals surface area (Å²) in [6.45, 7) is 0. The molecule has 0 bridgehead atoms. The van der Waals surface area contributed by atoms with Crippen molar-refractivity contribution in [1.82, 2.24) is 9.97 Å². The van der Waals surface area contributed by atoms with Gasteiger partial charge in [0.1, 0.15) is 0 Å². The Morgan fingerprint density at radius 1 is 1.23 bits per heavy atom. The fourth-order valence-electron chi connectivity index (χ4n) is 4.22. The second-order valence-corrected chi connectivity index (χ2v) is 10.8. The fourth-order valence-corrected chi connectivity index (χ4v) is 6.23. The second kappa shape index (κ2) is 8.51. The quantitative estimate of drug-likeness (QED) is 0.507. The van der Waals surface area contributed by atoms with E-state index in [9.17, 15) is 13.2 Å². The highest BCUT2D eigenvalue weighted by atomic mass is 79.9. The maximum Gasteiger partial charge on any atom is 0.234 e. The number of imidazole rings is 1. The van der Waals surface area contributed by atoms with Crippen LogP contribution in [-0.4, -0.2) is 30.5 Å². The van der Waals surface area contributed by atoms with Gasteiger partial charge in [0.05, 0.1) is 21.8 Å². The first-order valence-corrected chi connectivity index (χ1v) is 12.7. The third-order valence-electron chi connectivity index (χ3n) is 5.75. The number of carbonyl (C=O) groups is 1. The van der Waals surface area contributed by atoms with Crippen LogP contribution in [0.25, 0.3) is 11.0 Å². The van der Waals surface area contributed by atoms with Gasteiger partial charge in [-0.3, -0.25) is 10.1 Å². The first kappa shape index (κ1) is 21.1. The van der Waals surface area contributed by atoms with Crippen LogP contribution in [0.3, 0.4) is 0 Å². The van der Waals surface area contributed by atoms with Gasteiger partial charge in [-0.2, -0.15) is 0 Å². The molecule has 1 amide bonds. The first-order valence-electron chi connectivity index (χ1n) is 10.1. The molecule has 0 aliphatic heterocycles. The van der Waals surface area contributed by atoms with Crippen LogP contribution in [0.5, 0.6) is 0 Å². The predicted octanol–water partition coefficient (Wildman–Crippen LogP) is 5.03. The summed E-state index contributed by atoms with van der Waals surface area (Å²) in [5.74, 6) is 0.389. The molecule has 8 heteroatoms. The van der Waals surface area contributed by atoms with Crippen LogP contribution in [0.4, 0.5) is 5.95 Å². The summed E-state index contributed by atoms with van der Waals surface area (Å²) in [7, 11) is -3.34. The van der Waals surface area contributed by atoms with Gasteiger partial charge in [0.25, 0.3) is 0 Å². The average Bonchev–Trinajstić information content (AvgIpc) is 3.33. The highest BCUT2D eigenvalue weighted by Crippen LogP contribution is 2.36. The minimum Gasteiger partial charge on any atom is -0.324 e.